The van der Waals surface area contributed by atoms with Gasteiger partial charge in [0.2, 0.25) is 0 Å². The van der Waals surface area contributed by atoms with E-state index in [0.29, 0.717) is 17.3 Å². The van der Waals surface area contributed by atoms with Crippen LogP contribution >= 0.6 is 0 Å². The summed E-state index contributed by atoms with van der Waals surface area (Å²) < 4.78 is 0. The number of amidine groups is 1. The fraction of sp³-hybridized carbons (Fsp3) is 0.500. The number of hydrogen-bond donors (Lipinski definition) is 3. The van der Waals surface area contributed by atoms with Crippen molar-refractivity contribution in [1.29, 1.82) is 0 Å². The van der Waals surface area contributed by atoms with E-state index in [1.165, 1.54) is 6.34 Å². The highest BCUT2D eigenvalue weighted by molar-refractivity contribution is 5.99. The van der Waals surface area contributed by atoms with E-state index in [1.807, 2.05) is 20.8 Å². The molecule has 0 atom stereocenters. The van der Waals surface area contributed by atoms with Gasteiger partial charge in [0.25, 0.3) is 0 Å². The summed E-state index contributed by atoms with van der Waals surface area (Å²) in [5.74, 6) is 1.66. The molecule has 0 aromatic carbocycles. The van der Waals surface area contributed by atoms with Gasteiger partial charge in [0.1, 0.15) is 17.4 Å². The van der Waals surface area contributed by atoms with Crippen molar-refractivity contribution in [2.75, 3.05) is 7.05 Å². The van der Waals surface area contributed by atoms with Crippen molar-refractivity contribution in [2.24, 2.45) is 21.5 Å². The van der Waals surface area contributed by atoms with E-state index in [4.69, 9.17) is 11.5 Å². The summed E-state index contributed by atoms with van der Waals surface area (Å²) in [4.78, 5) is 15.0. The Balaban J connectivity index is 0.00000106. The number of aryl methyl sites for hydroxylation is 1. The van der Waals surface area contributed by atoms with Crippen LogP contribution in [0.25, 0.3) is 0 Å². The molecule has 1 aromatic heterocycles. The van der Waals surface area contributed by atoms with Crippen LogP contribution in [0.4, 0.5) is 5.82 Å². The number of hydrogen-bond acceptors (Lipinski definition) is 3. The molecule has 1 aromatic rings. The van der Waals surface area contributed by atoms with Crippen LogP contribution in [0.5, 0.6) is 0 Å². The van der Waals surface area contributed by atoms with Crippen LogP contribution in [0, 0.1) is 0 Å². The lowest BCUT2D eigenvalue weighted by Gasteiger charge is -1.95. The summed E-state index contributed by atoms with van der Waals surface area (Å²) in [7, 11) is 1.61. The Labute approximate surface area is 95.9 Å². The number of nitrogens with one attached hydrogen (secondary N) is 1. The second-order valence-electron chi connectivity index (χ2n) is 2.62. The Morgan fingerprint density at radius 1 is 1.50 bits per heavy atom. The van der Waals surface area contributed by atoms with E-state index < -0.39 is 0 Å². The molecule has 6 nitrogen and oxygen atoms in total. The van der Waals surface area contributed by atoms with Gasteiger partial charge in [-0.25, -0.2) is 9.98 Å². The van der Waals surface area contributed by atoms with Gasteiger partial charge in [-0.2, -0.15) is 0 Å². The van der Waals surface area contributed by atoms with Gasteiger partial charge in [0.05, 0.1) is 6.34 Å². The first kappa shape index (κ1) is 14.2. The molecule has 0 amide bonds. The lowest BCUT2D eigenvalue weighted by molar-refractivity contribution is 0.987. The Morgan fingerprint density at radius 2 is 2.12 bits per heavy atom. The quantitative estimate of drug-likeness (QED) is 0.525. The van der Waals surface area contributed by atoms with E-state index in [1.54, 1.807) is 7.05 Å². The van der Waals surface area contributed by atoms with Crippen molar-refractivity contribution in [3.8, 4) is 0 Å². The average Bonchev–Trinajstić information content (AvgIpc) is 2.74. The third-order valence-electron chi connectivity index (χ3n) is 1.76. The van der Waals surface area contributed by atoms with Gasteiger partial charge < -0.3 is 16.5 Å². The van der Waals surface area contributed by atoms with Crippen LogP contribution in [0.3, 0.4) is 0 Å². The van der Waals surface area contributed by atoms with Crippen LogP contribution < -0.4 is 11.5 Å². The van der Waals surface area contributed by atoms with Gasteiger partial charge in [-0.1, -0.05) is 20.8 Å². The molecule has 0 saturated carbocycles. The summed E-state index contributed by atoms with van der Waals surface area (Å²) >= 11 is 0. The summed E-state index contributed by atoms with van der Waals surface area (Å²) in [6.45, 7) is 5.98. The molecule has 0 unspecified atom stereocenters. The minimum atomic E-state index is 0.373. The van der Waals surface area contributed by atoms with Crippen molar-refractivity contribution < 1.29 is 0 Å². The van der Waals surface area contributed by atoms with Gasteiger partial charge in [0.15, 0.2) is 5.82 Å². The smallest absolute Gasteiger partial charge is 0.182 e. The van der Waals surface area contributed by atoms with Crippen LogP contribution in [0.15, 0.2) is 9.98 Å². The number of nitrogens with two attached hydrogens (primary N) is 2. The van der Waals surface area contributed by atoms with Crippen molar-refractivity contribution in [2.45, 2.75) is 27.2 Å². The molecular weight excluding hydrogens is 204 g/mol. The second-order valence-corrected chi connectivity index (χ2v) is 2.62. The molecule has 0 radical (unpaired) electrons. The lowest BCUT2D eigenvalue weighted by Crippen LogP contribution is -2.13. The summed E-state index contributed by atoms with van der Waals surface area (Å²) in [6, 6.07) is 0. The van der Waals surface area contributed by atoms with Gasteiger partial charge in [-0.3, -0.25) is 4.99 Å². The molecule has 1 heterocycles. The highest BCUT2D eigenvalue weighted by Crippen LogP contribution is 2.15. The Morgan fingerprint density at radius 3 is 2.56 bits per heavy atom. The van der Waals surface area contributed by atoms with Crippen LogP contribution in [-0.4, -0.2) is 29.2 Å². The average molecular weight is 224 g/mol. The second kappa shape index (κ2) is 7.44. The number of rotatable bonds is 3. The first-order chi connectivity index (χ1) is 7.72. The van der Waals surface area contributed by atoms with E-state index >= 15 is 0 Å². The molecule has 0 bridgehead atoms. The topological polar surface area (TPSA) is 105 Å². The van der Waals surface area contributed by atoms with Gasteiger partial charge in [0, 0.05) is 13.5 Å². The first-order valence-corrected chi connectivity index (χ1v) is 5.28. The van der Waals surface area contributed by atoms with Crippen molar-refractivity contribution in [3.05, 3.63) is 11.5 Å². The zero-order chi connectivity index (χ0) is 12.6. The molecule has 1 rings (SSSR count). The third-order valence-corrected chi connectivity index (χ3v) is 1.76. The fourth-order valence-electron chi connectivity index (χ4n) is 1.03. The SMILES string of the molecule is CC.CCc1nc(/N=C/N)c(C(N)=NC)[nH]1. The maximum atomic E-state index is 5.66. The van der Waals surface area contributed by atoms with Gasteiger partial charge in [-0.15, -0.1) is 0 Å². The van der Waals surface area contributed by atoms with E-state index in [-0.39, 0.29) is 0 Å². The summed E-state index contributed by atoms with van der Waals surface area (Å²) in [5, 5.41) is 0. The highest BCUT2D eigenvalue weighted by atomic mass is 15.1. The van der Waals surface area contributed by atoms with Crippen LogP contribution in [-0.2, 0) is 6.42 Å². The summed E-state index contributed by atoms with van der Waals surface area (Å²) in [6.07, 6.45) is 1.96. The van der Waals surface area contributed by atoms with Crippen molar-refractivity contribution in [3.63, 3.8) is 0 Å². The molecular formula is C10H20N6. The highest BCUT2D eigenvalue weighted by Gasteiger charge is 2.10. The van der Waals surface area contributed by atoms with Gasteiger partial charge >= 0.3 is 0 Å². The van der Waals surface area contributed by atoms with Crippen LogP contribution in [0.2, 0.25) is 0 Å². The molecule has 0 aliphatic carbocycles. The molecule has 6 heteroatoms. The Kier molecular flexibility index (Phi) is 6.58. The van der Waals surface area contributed by atoms with E-state index in [0.717, 1.165) is 12.2 Å². The van der Waals surface area contributed by atoms with E-state index in [9.17, 15) is 0 Å². The third kappa shape index (κ3) is 3.38. The minimum Gasteiger partial charge on any atom is -0.390 e. The van der Waals surface area contributed by atoms with E-state index in [2.05, 4.69) is 20.0 Å². The Bertz CT molecular complexity index is 363. The first-order valence-electron chi connectivity index (χ1n) is 5.28. The molecule has 0 aliphatic rings. The molecule has 0 aliphatic heterocycles. The Hall–Kier alpha value is -1.85. The zero-order valence-corrected chi connectivity index (χ0v) is 10.3. The number of H-pyrrole nitrogens is 1. The molecule has 16 heavy (non-hydrogen) atoms. The van der Waals surface area contributed by atoms with Crippen LogP contribution in [0.1, 0.15) is 32.3 Å². The predicted molar refractivity (Wildman–Crippen MR) is 68.3 cm³/mol. The monoisotopic (exact) mass is 224 g/mol. The maximum absolute atomic E-state index is 5.66. The molecule has 5 N–H and O–H groups in total. The van der Waals surface area contributed by atoms with Crippen molar-refractivity contribution in [1.82, 2.24) is 9.97 Å². The maximum Gasteiger partial charge on any atom is 0.182 e. The number of aromatic amines is 1. The fourth-order valence-corrected chi connectivity index (χ4v) is 1.03. The predicted octanol–water partition coefficient (Wildman–Crippen LogP) is 0.952. The summed E-state index contributed by atoms with van der Waals surface area (Å²) in [5.41, 5.74) is 11.5. The lowest BCUT2D eigenvalue weighted by atomic mass is 10.4. The number of aromatic nitrogens is 2. The standard InChI is InChI=1S/C8H14N6.C2H6/c1-3-5-13-6(7(10)11-2)8(14-5)12-4-9;1-2/h4H,3H2,1-2H3,(H2,9,12)(H2,10,11)(H,13,14);1-2H3. The van der Waals surface area contributed by atoms with Gasteiger partial charge in [-0.05, 0) is 0 Å². The number of nitrogens with zero attached hydrogens (tertiary/aromatic N) is 3. The normalized spacial score (nSPS) is 11.4. The zero-order valence-electron chi connectivity index (χ0n) is 10.3. The molecule has 90 valence electrons. The molecule has 0 saturated heterocycles. The molecule has 0 spiro atoms. The number of imidazole rings is 1. The minimum absolute atomic E-state index is 0.373. The number of aliphatic imine (C=N–C) groups is 2. The molecule has 0 fully saturated rings. The van der Waals surface area contributed by atoms with Crippen molar-refractivity contribution >= 4 is 18.0 Å². The largest absolute Gasteiger partial charge is 0.390 e.